The van der Waals surface area contributed by atoms with E-state index in [-0.39, 0.29) is 6.42 Å². The van der Waals surface area contributed by atoms with Crippen molar-refractivity contribution >= 4 is 5.97 Å². The molecule has 0 rings (SSSR count). The van der Waals surface area contributed by atoms with E-state index in [1.54, 1.807) is 6.92 Å². The van der Waals surface area contributed by atoms with Gasteiger partial charge in [-0.05, 0) is 26.2 Å². The van der Waals surface area contributed by atoms with E-state index in [9.17, 15) is 15.0 Å². The number of aliphatic hydroxyl groups excluding tert-OH is 1. The smallest absolute Gasteiger partial charge is 0.336 e. The fourth-order valence-electron chi connectivity index (χ4n) is 2.04. The quantitative estimate of drug-likeness (QED) is 0.560. The SMILES string of the molecule is CCCCCC(CC(C)O)(OCCCC)C(=O)O. The standard InChI is InChI=1S/C14H28O4/c1-4-6-8-9-14(13(16)17,11-12(3)15)18-10-7-5-2/h12,15H,4-11H2,1-3H3,(H,16,17). The molecule has 18 heavy (non-hydrogen) atoms. The lowest BCUT2D eigenvalue weighted by molar-refractivity contribution is -0.172. The summed E-state index contributed by atoms with van der Waals surface area (Å²) in [5.41, 5.74) is -1.21. The molecule has 0 bridgehead atoms. The third-order valence-electron chi connectivity index (χ3n) is 3.08. The van der Waals surface area contributed by atoms with Crippen LogP contribution in [-0.2, 0) is 9.53 Å². The van der Waals surface area contributed by atoms with E-state index < -0.39 is 17.7 Å². The second-order valence-corrected chi connectivity index (χ2v) is 5.01. The molecule has 0 aliphatic heterocycles. The highest BCUT2D eigenvalue weighted by Crippen LogP contribution is 2.26. The number of carboxylic acids is 1. The molecule has 108 valence electrons. The predicted molar refractivity (Wildman–Crippen MR) is 71.7 cm³/mol. The van der Waals surface area contributed by atoms with Crippen molar-refractivity contribution < 1.29 is 19.7 Å². The molecule has 0 radical (unpaired) electrons. The van der Waals surface area contributed by atoms with Crippen molar-refractivity contribution in [1.29, 1.82) is 0 Å². The van der Waals surface area contributed by atoms with Crippen LogP contribution < -0.4 is 0 Å². The molecule has 0 fully saturated rings. The number of carbonyl (C=O) groups is 1. The molecule has 0 aromatic rings. The molecular weight excluding hydrogens is 232 g/mol. The van der Waals surface area contributed by atoms with Crippen molar-refractivity contribution in [3.8, 4) is 0 Å². The largest absolute Gasteiger partial charge is 0.479 e. The molecule has 0 aromatic carbocycles. The number of aliphatic hydroxyl groups is 1. The number of hydrogen-bond donors (Lipinski definition) is 2. The minimum Gasteiger partial charge on any atom is -0.479 e. The van der Waals surface area contributed by atoms with Crippen molar-refractivity contribution in [2.75, 3.05) is 6.61 Å². The minimum absolute atomic E-state index is 0.162. The molecule has 2 unspecified atom stereocenters. The van der Waals surface area contributed by atoms with Gasteiger partial charge in [0.15, 0.2) is 5.60 Å². The summed E-state index contributed by atoms with van der Waals surface area (Å²) in [7, 11) is 0. The van der Waals surface area contributed by atoms with Gasteiger partial charge in [0.25, 0.3) is 0 Å². The zero-order valence-corrected chi connectivity index (χ0v) is 11.9. The van der Waals surface area contributed by atoms with E-state index in [0.717, 1.165) is 32.1 Å². The Morgan fingerprint density at radius 1 is 1.22 bits per heavy atom. The average Bonchev–Trinajstić information content (AvgIpc) is 2.28. The highest BCUT2D eigenvalue weighted by atomic mass is 16.5. The first-order valence-electron chi connectivity index (χ1n) is 7.04. The fraction of sp³-hybridized carbons (Fsp3) is 0.929. The second kappa shape index (κ2) is 9.34. The van der Waals surface area contributed by atoms with Crippen molar-refractivity contribution in [1.82, 2.24) is 0 Å². The summed E-state index contributed by atoms with van der Waals surface area (Å²) in [4.78, 5) is 11.5. The lowest BCUT2D eigenvalue weighted by atomic mass is 9.90. The molecule has 2 atom stereocenters. The van der Waals surface area contributed by atoms with E-state index in [1.807, 2.05) is 6.92 Å². The van der Waals surface area contributed by atoms with E-state index in [0.29, 0.717) is 13.0 Å². The maximum Gasteiger partial charge on any atom is 0.336 e. The monoisotopic (exact) mass is 260 g/mol. The van der Waals surface area contributed by atoms with Crippen LogP contribution in [0.4, 0.5) is 0 Å². The van der Waals surface area contributed by atoms with Gasteiger partial charge >= 0.3 is 5.97 Å². The van der Waals surface area contributed by atoms with Gasteiger partial charge in [0.2, 0.25) is 0 Å². The van der Waals surface area contributed by atoms with E-state index >= 15 is 0 Å². The van der Waals surface area contributed by atoms with Crippen LogP contribution in [0, 0.1) is 0 Å². The molecule has 4 nitrogen and oxygen atoms in total. The predicted octanol–water partition coefficient (Wildman–Crippen LogP) is 2.98. The summed E-state index contributed by atoms with van der Waals surface area (Å²) < 4.78 is 5.63. The Morgan fingerprint density at radius 3 is 2.28 bits per heavy atom. The van der Waals surface area contributed by atoms with Gasteiger partial charge in [0.05, 0.1) is 6.10 Å². The first kappa shape index (κ1) is 17.4. The maximum atomic E-state index is 11.5. The lowest BCUT2D eigenvalue weighted by Gasteiger charge is -2.31. The van der Waals surface area contributed by atoms with Crippen molar-refractivity contribution in [3.05, 3.63) is 0 Å². The number of unbranched alkanes of at least 4 members (excludes halogenated alkanes) is 3. The van der Waals surface area contributed by atoms with Crippen molar-refractivity contribution in [2.45, 2.75) is 77.4 Å². The molecule has 2 N–H and O–H groups in total. The van der Waals surface area contributed by atoms with Crippen LogP contribution in [0.15, 0.2) is 0 Å². The third-order valence-corrected chi connectivity index (χ3v) is 3.08. The Morgan fingerprint density at radius 2 is 1.83 bits per heavy atom. The Labute approximate surface area is 110 Å². The first-order chi connectivity index (χ1) is 8.48. The lowest BCUT2D eigenvalue weighted by Crippen LogP contribution is -2.44. The van der Waals surface area contributed by atoms with Crippen LogP contribution in [0.1, 0.15) is 65.7 Å². The van der Waals surface area contributed by atoms with Gasteiger partial charge in [0.1, 0.15) is 0 Å². The van der Waals surface area contributed by atoms with Crippen LogP contribution >= 0.6 is 0 Å². The molecule has 0 aliphatic rings. The van der Waals surface area contributed by atoms with Gasteiger partial charge in [-0.25, -0.2) is 4.79 Å². The van der Waals surface area contributed by atoms with Gasteiger partial charge in [-0.15, -0.1) is 0 Å². The van der Waals surface area contributed by atoms with Crippen molar-refractivity contribution in [3.63, 3.8) is 0 Å². The van der Waals surface area contributed by atoms with Crippen LogP contribution in [-0.4, -0.2) is 34.5 Å². The van der Waals surface area contributed by atoms with Gasteiger partial charge in [0, 0.05) is 13.0 Å². The number of aliphatic carboxylic acids is 1. The summed E-state index contributed by atoms with van der Waals surface area (Å²) in [5, 5.41) is 18.9. The highest BCUT2D eigenvalue weighted by molar-refractivity contribution is 5.77. The van der Waals surface area contributed by atoms with Crippen LogP contribution in [0.5, 0.6) is 0 Å². The molecule has 0 aromatic heterocycles. The number of ether oxygens (including phenoxy) is 1. The van der Waals surface area contributed by atoms with Crippen molar-refractivity contribution in [2.24, 2.45) is 0 Å². The zero-order chi connectivity index (χ0) is 14.0. The molecule has 0 aliphatic carbocycles. The third kappa shape index (κ3) is 6.36. The maximum absolute atomic E-state index is 11.5. The molecule has 0 spiro atoms. The number of carboxylic acid groups (broad SMARTS) is 1. The molecular formula is C14H28O4. The Balaban J connectivity index is 4.62. The van der Waals surface area contributed by atoms with Gasteiger partial charge in [-0.2, -0.15) is 0 Å². The Hall–Kier alpha value is -0.610. The number of rotatable bonds is 11. The summed E-state index contributed by atoms with van der Waals surface area (Å²) in [6.45, 7) is 6.18. The van der Waals surface area contributed by atoms with Crippen LogP contribution in [0.3, 0.4) is 0 Å². The topological polar surface area (TPSA) is 66.8 Å². The summed E-state index contributed by atoms with van der Waals surface area (Å²) in [5.74, 6) is -0.949. The van der Waals surface area contributed by atoms with Gasteiger partial charge in [-0.1, -0.05) is 33.1 Å². The van der Waals surface area contributed by atoms with E-state index in [2.05, 4.69) is 6.92 Å². The van der Waals surface area contributed by atoms with E-state index in [4.69, 9.17) is 4.74 Å². The fourth-order valence-corrected chi connectivity index (χ4v) is 2.04. The molecule has 0 saturated heterocycles. The average molecular weight is 260 g/mol. The summed E-state index contributed by atoms with van der Waals surface area (Å²) in [6, 6.07) is 0. The summed E-state index contributed by atoms with van der Waals surface area (Å²) >= 11 is 0. The second-order valence-electron chi connectivity index (χ2n) is 5.01. The molecule has 0 heterocycles. The normalized spacial score (nSPS) is 16.2. The van der Waals surface area contributed by atoms with Gasteiger partial charge in [-0.3, -0.25) is 0 Å². The van der Waals surface area contributed by atoms with Crippen LogP contribution in [0.2, 0.25) is 0 Å². The van der Waals surface area contributed by atoms with E-state index in [1.165, 1.54) is 0 Å². The van der Waals surface area contributed by atoms with Gasteiger partial charge < -0.3 is 14.9 Å². The Bertz CT molecular complexity index is 216. The number of hydrogen-bond acceptors (Lipinski definition) is 3. The molecule has 0 amide bonds. The zero-order valence-electron chi connectivity index (χ0n) is 11.9. The summed E-state index contributed by atoms with van der Waals surface area (Å²) in [6.07, 6.45) is 4.65. The highest BCUT2D eigenvalue weighted by Gasteiger charge is 2.40. The Kier molecular flexibility index (Phi) is 9.02. The first-order valence-corrected chi connectivity index (χ1v) is 7.04. The van der Waals surface area contributed by atoms with Crippen LogP contribution in [0.25, 0.3) is 0 Å². The minimum atomic E-state index is -1.21. The molecule has 4 heteroatoms. The molecule has 0 saturated carbocycles.